The van der Waals surface area contributed by atoms with Crippen LogP contribution in [0.3, 0.4) is 0 Å². The Morgan fingerprint density at radius 3 is 2.73 bits per heavy atom. The number of rotatable bonds is 3. The van der Waals surface area contributed by atoms with Crippen molar-refractivity contribution < 1.29 is 14.6 Å². The van der Waals surface area contributed by atoms with Gasteiger partial charge in [-0.2, -0.15) is 0 Å². The lowest BCUT2D eigenvalue weighted by Crippen LogP contribution is -2.41. The van der Waals surface area contributed by atoms with Crippen molar-refractivity contribution in [1.29, 1.82) is 0 Å². The smallest absolute Gasteiger partial charge is 0.316 e. The number of nitro groups is 1. The molecule has 2 heterocycles. The van der Waals surface area contributed by atoms with Crippen molar-refractivity contribution in [2.24, 2.45) is 0 Å². The molecule has 6 nitrogen and oxygen atoms in total. The quantitative estimate of drug-likeness (QED) is 0.511. The molecule has 0 amide bonds. The lowest BCUT2D eigenvalue weighted by molar-refractivity contribution is -0.656. The van der Waals surface area contributed by atoms with Gasteiger partial charge in [-0.3, -0.25) is 10.1 Å². The number of nitrogens with zero attached hydrogens (tertiary/aromatic N) is 3. The van der Waals surface area contributed by atoms with Gasteiger partial charge >= 0.3 is 5.17 Å². The first-order valence-corrected chi connectivity index (χ1v) is 9.56. The highest BCUT2D eigenvalue weighted by Gasteiger charge is 2.53. The van der Waals surface area contributed by atoms with Crippen LogP contribution in [0.1, 0.15) is 17.5 Å². The van der Waals surface area contributed by atoms with E-state index in [1.165, 1.54) is 17.7 Å². The fourth-order valence-electron chi connectivity index (χ4n) is 3.59. The van der Waals surface area contributed by atoms with Gasteiger partial charge in [0, 0.05) is 23.4 Å². The standard InChI is InChI=1S/C19H20N3O3S/c1-14-4-2-5-17(12-14)20-13-19(23,21-10-3-11-26-18(20)21)15-6-8-16(9-7-15)22(24)25/h2,4-9,12,23H,3,10-11,13H2,1H3/q+1. The molecule has 2 aromatic rings. The number of anilines is 1. The van der Waals surface area contributed by atoms with Crippen molar-refractivity contribution in [2.45, 2.75) is 19.1 Å². The molecule has 4 rings (SSSR count). The van der Waals surface area contributed by atoms with E-state index in [1.54, 1.807) is 23.9 Å². The van der Waals surface area contributed by atoms with Crippen LogP contribution in [0.15, 0.2) is 48.5 Å². The number of non-ortho nitro benzene ring substituents is 1. The minimum atomic E-state index is -1.19. The molecule has 0 saturated heterocycles. The second-order valence-electron chi connectivity index (χ2n) is 6.68. The normalized spacial score (nSPS) is 22.5. The number of thioether (sulfide) groups is 1. The van der Waals surface area contributed by atoms with Crippen LogP contribution in [0.25, 0.3) is 0 Å². The van der Waals surface area contributed by atoms with Crippen molar-refractivity contribution in [2.75, 3.05) is 23.7 Å². The molecule has 0 bridgehead atoms. The van der Waals surface area contributed by atoms with Crippen molar-refractivity contribution in [3.8, 4) is 0 Å². The molecule has 0 spiro atoms. The summed E-state index contributed by atoms with van der Waals surface area (Å²) in [5.41, 5.74) is 1.74. The Balaban J connectivity index is 1.77. The van der Waals surface area contributed by atoms with Gasteiger partial charge in [-0.15, -0.1) is 0 Å². The molecule has 134 valence electrons. The highest BCUT2D eigenvalue weighted by molar-refractivity contribution is 8.13. The van der Waals surface area contributed by atoms with Crippen LogP contribution in [-0.2, 0) is 5.72 Å². The largest absolute Gasteiger partial charge is 0.346 e. The molecule has 2 aliphatic rings. The molecule has 1 atom stereocenters. The van der Waals surface area contributed by atoms with Gasteiger partial charge in [-0.1, -0.05) is 12.1 Å². The summed E-state index contributed by atoms with van der Waals surface area (Å²) >= 11 is 1.75. The van der Waals surface area contributed by atoms with E-state index in [0.29, 0.717) is 12.1 Å². The SMILES string of the molecule is Cc1cccc(N2CC(O)(c3ccc([N+](=O)[O-])cc3)[N+]3=C2SCCC3)c1. The summed E-state index contributed by atoms with van der Waals surface area (Å²) in [6.45, 7) is 3.22. The number of β-amino-alcohol motifs (C(OH)–C–C–N with tert-alkyl or cyclic N) is 1. The van der Waals surface area contributed by atoms with E-state index in [-0.39, 0.29) is 5.69 Å². The van der Waals surface area contributed by atoms with Crippen molar-refractivity contribution in [1.82, 2.24) is 0 Å². The van der Waals surface area contributed by atoms with E-state index in [9.17, 15) is 15.2 Å². The molecule has 0 saturated carbocycles. The fourth-order valence-corrected chi connectivity index (χ4v) is 4.77. The molecule has 7 heteroatoms. The molecule has 0 aliphatic carbocycles. The average molecular weight is 370 g/mol. The highest BCUT2D eigenvalue weighted by Crippen LogP contribution is 2.38. The lowest BCUT2D eigenvalue weighted by atomic mass is 10.0. The maximum atomic E-state index is 11.6. The number of hydrogen-bond acceptors (Lipinski definition) is 5. The first-order valence-electron chi connectivity index (χ1n) is 8.58. The average Bonchev–Trinajstić information content (AvgIpc) is 2.96. The van der Waals surface area contributed by atoms with Crippen LogP contribution in [-0.4, -0.2) is 38.6 Å². The van der Waals surface area contributed by atoms with Crippen LogP contribution in [0.2, 0.25) is 0 Å². The molecule has 2 aliphatic heterocycles. The molecular formula is C19H20N3O3S+. The van der Waals surface area contributed by atoms with Crippen LogP contribution in [0, 0.1) is 17.0 Å². The van der Waals surface area contributed by atoms with Gasteiger partial charge in [0.05, 0.1) is 11.5 Å². The summed E-state index contributed by atoms with van der Waals surface area (Å²) in [7, 11) is 0. The highest BCUT2D eigenvalue weighted by atomic mass is 32.2. The zero-order valence-electron chi connectivity index (χ0n) is 14.5. The number of benzene rings is 2. The third-order valence-corrected chi connectivity index (χ3v) is 6.09. The first kappa shape index (κ1) is 17.1. The van der Waals surface area contributed by atoms with Crippen molar-refractivity contribution in [3.05, 3.63) is 69.8 Å². The van der Waals surface area contributed by atoms with Crippen LogP contribution >= 0.6 is 11.8 Å². The topological polar surface area (TPSA) is 69.6 Å². The summed E-state index contributed by atoms with van der Waals surface area (Å²) in [6, 6.07) is 14.5. The summed E-state index contributed by atoms with van der Waals surface area (Å²) in [5.74, 6) is 1.02. The summed E-state index contributed by atoms with van der Waals surface area (Å²) < 4.78 is 2.03. The van der Waals surface area contributed by atoms with Crippen LogP contribution in [0.5, 0.6) is 0 Å². The summed E-state index contributed by atoms with van der Waals surface area (Å²) in [4.78, 5) is 12.7. The molecule has 0 fully saturated rings. The van der Waals surface area contributed by atoms with Gasteiger partial charge in [0.15, 0.2) is 6.54 Å². The molecule has 0 radical (unpaired) electrons. The van der Waals surface area contributed by atoms with Gasteiger partial charge in [-0.25, -0.2) is 9.48 Å². The Bertz CT molecular complexity index is 897. The van der Waals surface area contributed by atoms with E-state index in [0.717, 1.165) is 29.6 Å². The third kappa shape index (κ3) is 2.77. The van der Waals surface area contributed by atoms with Gasteiger partial charge in [-0.05, 0) is 54.9 Å². The first-order chi connectivity index (χ1) is 12.5. The van der Waals surface area contributed by atoms with Gasteiger partial charge in [0.1, 0.15) is 5.69 Å². The maximum Gasteiger partial charge on any atom is 0.316 e. The predicted octanol–water partition coefficient (Wildman–Crippen LogP) is 3.07. The monoisotopic (exact) mass is 370 g/mol. The van der Waals surface area contributed by atoms with E-state index >= 15 is 0 Å². The Morgan fingerprint density at radius 2 is 2.04 bits per heavy atom. The number of nitro benzene ring substituents is 1. The molecule has 26 heavy (non-hydrogen) atoms. The molecule has 2 aromatic carbocycles. The maximum absolute atomic E-state index is 11.6. The minimum Gasteiger partial charge on any atom is -0.346 e. The Hall–Kier alpha value is -2.38. The zero-order chi connectivity index (χ0) is 18.3. The van der Waals surface area contributed by atoms with Crippen molar-refractivity contribution >= 4 is 28.3 Å². The van der Waals surface area contributed by atoms with Crippen molar-refractivity contribution in [3.63, 3.8) is 0 Å². The van der Waals surface area contributed by atoms with E-state index < -0.39 is 10.6 Å². The second kappa shape index (κ2) is 6.41. The third-order valence-electron chi connectivity index (χ3n) is 4.90. The van der Waals surface area contributed by atoms with Crippen LogP contribution in [0.4, 0.5) is 11.4 Å². The fraction of sp³-hybridized carbons (Fsp3) is 0.316. The Labute approximate surface area is 155 Å². The van der Waals surface area contributed by atoms with Gasteiger partial charge in [0.2, 0.25) is 0 Å². The van der Waals surface area contributed by atoms with Gasteiger partial charge in [0.25, 0.3) is 11.4 Å². The number of aryl methyl sites for hydroxylation is 1. The number of amidine groups is 1. The molecule has 1 unspecified atom stereocenters. The molecular weight excluding hydrogens is 350 g/mol. The minimum absolute atomic E-state index is 0.0307. The van der Waals surface area contributed by atoms with E-state index in [2.05, 4.69) is 30.0 Å². The van der Waals surface area contributed by atoms with Gasteiger partial charge < -0.3 is 5.11 Å². The predicted molar refractivity (Wildman–Crippen MR) is 103 cm³/mol. The Morgan fingerprint density at radius 1 is 1.27 bits per heavy atom. The summed E-state index contributed by atoms with van der Waals surface area (Å²) in [6.07, 6.45) is 0.991. The number of hydrogen-bond donors (Lipinski definition) is 1. The van der Waals surface area contributed by atoms with Crippen LogP contribution < -0.4 is 4.90 Å². The number of aliphatic hydroxyl groups is 1. The molecule has 0 aromatic heterocycles. The second-order valence-corrected chi connectivity index (χ2v) is 7.74. The lowest BCUT2D eigenvalue weighted by Gasteiger charge is -2.24. The summed E-state index contributed by atoms with van der Waals surface area (Å²) in [5, 5.41) is 23.5. The van der Waals surface area contributed by atoms with E-state index in [1.807, 2.05) is 10.6 Å². The molecule has 1 N–H and O–H groups in total. The van der Waals surface area contributed by atoms with E-state index in [4.69, 9.17) is 0 Å². The zero-order valence-corrected chi connectivity index (χ0v) is 15.3. The Kier molecular flexibility index (Phi) is 4.20.